The van der Waals surface area contributed by atoms with Crippen molar-refractivity contribution in [1.29, 1.82) is 0 Å². The maximum atomic E-state index is 11.7. The van der Waals surface area contributed by atoms with Gasteiger partial charge in [-0.05, 0) is 42.5 Å². The summed E-state index contributed by atoms with van der Waals surface area (Å²) >= 11 is 11.4. The summed E-state index contributed by atoms with van der Waals surface area (Å²) in [6, 6.07) is 11.0. The normalized spacial score (nSPS) is 10.2. The number of hydrogen-bond donors (Lipinski definition) is 1. The lowest BCUT2D eigenvalue weighted by atomic mass is 10.2. The first-order valence-corrected chi connectivity index (χ1v) is 6.86. The van der Waals surface area contributed by atoms with Crippen LogP contribution in [0.1, 0.15) is 10.4 Å². The molecular weight excluding hydrogens is 315 g/mol. The van der Waals surface area contributed by atoms with E-state index < -0.39 is 5.97 Å². The fourth-order valence-corrected chi connectivity index (χ4v) is 1.87. The molecule has 0 saturated heterocycles. The van der Waals surface area contributed by atoms with Gasteiger partial charge in [0, 0.05) is 10.0 Å². The molecule has 4 nitrogen and oxygen atoms in total. The van der Waals surface area contributed by atoms with Gasteiger partial charge in [0.25, 0.3) is 0 Å². The van der Waals surface area contributed by atoms with Crippen molar-refractivity contribution in [1.82, 2.24) is 0 Å². The van der Waals surface area contributed by atoms with Crippen LogP contribution in [0, 0.1) is 0 Å². The number of phenols is 1. The van der Waals surface area contributed by atoms with Crippen molar-refractivity contribution in [3.8, 4) is 11.5 Å². The zero-order valence-electron chi connectivity index (χ0n) is 10.9. The van der Waals surface area contributed by atoms with Crippen molar-refractivity contribution in [3.63, 3.8) is 0 Å². The summed E-state index contributed by atoms with van der Waals surface area (Å²) in [4.78, 5) is 11.7. The van der Waals surface area contributed by atoms with Crippen molar-refractivity contribution in [2.45, 2.75) is 0 Å². The Morgan fingerprint density at radius 2 is 1.67 bits per heavy atom. The third-order valence-corrected chi connectivity index (χ3v) is 3.07. The second kappa shape index (κ2) is 7.20. The average Bonchev–Trinajstić information content (AvgIpc) is 2.45. The Morgan fingerprint density at radius 1 is 1.00 bits per heavy atom. The Hall–Kier alpha value is -1.91. The van der Waals surface area contributed by atoms with E-state index in [0.29, 0.717) is 15.8 Å². The van der Waals surface area contributed by atoms with Gasteiger partial charge in [0.2, 0.25) is 0 Å². The van der Waals surface area contributed by atoms with E-state index in [1.807, 2.05) is 0 Å². The minimum absolute atomic E-state index is 0.0591. The van der Waals surface area contributed by atoms with Gasteiger partial charge >= 0.3 is 5.97 Å². The van der Waals surface area contributed by atoms with Gasteiger partial charge in [0.05, 0.1) is 0 Å². The van der Waals surface area contributed by atoms with Gasteiger partial charge < -0.3 is 14.6 Å². The van der Waals surface area contributed by atoms with Crippen LogP contribution < -0.4 is 4.74 Å². The molecule has 0 radical (unpaired) electrons. The lowest BCUT2D eigenvalue weighted by Gasteiger charge is -2.08. The molecule has 0 heterocycles. The van der Waals surface area contributed by atoms with Gasteiger partial charge in [0.1, 0.15) is 30.3 Å². The van der Waals surface area contributed by atoms with Crippen LogP contribution >= 0.6 is 23.2 Å². The van der Waals surface area contributed by atoms with Crippen LogP contribution in [-0.2, 0) is 4.74 Å². The molecule has 0 saturated carbocycles. The smallest absolute Gasteiger partial charge is 0.342 e. The standard InChI is InChI=1S/C15H12Cl2O4/c16-10-1-4-12(5-2-10)20-7-8-21-15(19)13-6-3-11(17)9-14(13)18/h1-6,9,18H,7-8H2. The highest BCUT2D eigenvalue weighted by Gasteiger charge is 2.12. The Labute approximate surface area is 131 Å². The van der Waals surface area contributed by atoms with Gasteiger partial charge in [-0.3, -0.25) is 0 Å². The molecule has 0 spiro atoms. The molecule has 0 aliphatic heterocycles. The number of aromatic hydroxyl groups is 1. The quantitative estimate of drug-likeness (QED) is 0.668. The van der Waals surface area contributed by atoms with Crippen LogP contribution in [0.4, 0.5) is 0 Å². The molecule has 0 unspecified atom stereocenters. The molecule has 0 atom stereocenters. The van der Waals surface area contributed by atoms with Crippen LogP contribution in [-0.4, -0.2) is 24.3 Å². The molecule has 1 N–H and O–H groups in total. The first-order valence-electron chi connectivity index (χ1n) is 6.10. The summed E-state index contributed by atoms with van der Waals surface area (Å²) in [5.74, 6) is -0.222. The summed E-state index contributed by atoms with van der Waals surface area (Å²) in [6.45, 7) is 0.255. The summed E-state index contributed by atoms with van der Waals surface area (Å²) in [5, 5.41) is 10.6. The van der Waals surface area contributed by atoms with E-state index in [1.54, 1.807) is 24.3 Å². The molecular formula is C15H12Cl2O4. The lowest BCUT2D eigenvalue weighted by Crippen LogP contribution is -2.12. The van der Waals surface area contributed by atoms with Gasteiger partial charge in [0.15, 0.2) is 0 Å². The second-order valence-corrected chi connectivity index (χ2v) is 4.97. The minimum atomic E-state index is -0.635. The van der Waals surface area contributed by atoms with Crippen LogP contribution in [0.15, 0.2) is 42.5 Å². The Balaban J connectivity index is 1.80. The molecule has 2 aromatic rings. The van der Waals surface area contributed by atoms with Crippen LogP contribution in [0.3, 0.4) is 0 Å². The number of esters is 1. The number of halogens is 2. The minimum Gasteiger partial charge on any atom is -0.507 e. The first-order chi connectivity index (χ1) is 10.1. The maximum Gasteiger partial charge on any atom is 0.342 e. The van der Waals surface area contributed by atoms with Gasteiger partial charge in [-0.2, -0.15) is 0 Å². The molecule has 0 amide bonds. The van der Waals surface area contributed by atoms with E-state index >= 15 is 0 Å². The van der Waals surface area contributed by atoms with E-state index in [9.17, 15) is 9.90 Å². The van der Waals surface area contributed by atoms with E-state index in [1.165, 1.54) is 18.2 Å². The van der Waals surface area contributed by atoms with Crippen molar-refractivity contribution < 1.29 is 19.4 Å². The topological polar surface area (TPSA) is 55.8 Å². The molecule has 6 heteroatoms. The molecule has 2 rings (SSSR count). The summed E-state index contributed by atoms with van der Waals surface area (Å²) in [7, 11) is 0. The highest BCUT2D eigenvalue weighted by molar-refractivity contribution is 6.31. The fourth-order valence-electron chi connectivity index (χ4n) is 1.58. The van der Waals surface area contributed by atoms with Gasteiger partial charge in [-0.25, -0.2) is 4.79 Å². The fraction of sp³-hybridized carbons (Fsp3) is 0.133. The van der Waals surface area contributed by atoms with E-state index in [0.717, 1.165) is 0 Å². The number of rotatable bonds is 5. The summed E-state index contributed by atoms with van der Waals surface area (Å²) < 4.78 is 10.4. The number of carbonyl (C=O) groups excluding carboxylic acids is 1. The molecule has 0 aliphatic rings. The predicted molar refractivity (Wildman–Crippen MR) is 80.3 cm³/mol. The first kappa shape index (κ1) is 15.5. The summed E-state index contributed by atoms with van der Waals surface area (Å²) in [6.07, 6.45) is 0. The third kappa shape index (κ3) is 4.55. The summed E-state index contributed by atoms with van der Waals surface area (Å²) in [5.41, 5.74) is 0.0610. The molecule has 21 heavy (non-hydrogen) atoms. The predicted octanol–water partition coefficient (Wildman–Crippen LogP) is 3.93. The highest BCUT2D eigenvalue weighted by atomic mass is 35.5. The lowest BCUT2D eigenvalue weighted by molar-refractivity contribution is 0.0447. The van der Waals surface area contributed by atoms with Crippen LogP contribution in [0.5, 0.6) is 11.5 Å². The maximum absolute atomic E-state index is 11.7. The van der Waals surface area contributed by atoms with E-state index in [2.05, 4.69) is 0 Å². The molecule has 0 fully saturated rings. The molecule has 0 aromatic heterocycles. The Bertz CT molecular complexity index is 626. The molecule has 2 aromatic carbocycles. The zero-order valence-corrected chi connectivity index (χ0v) is 12.4. The number of hydrogen-bond acceptors (Lipinski definition) is 4. The number of phenolic OH excluding ortho intramolecular Hbond substituents is 1. The van der Waals surface area contributed by atoms with Crippen molar-refractivity contribution in [2.24, 2.45) is 0 Å². The number of carbonyl (C=O) groups is 1. The van der Waals surface area contributed by atoms with Crippen LogP contribution in [0.2, 0.25) is 10.0 Å². The van der Waals surface area contributed by atoms with Crippen LogP contribution in [0.25, 0.3) is 0 Å². The zero-order chi connectivity index (χ0) is 15.2. The molecule has 110 valence electrons. The van der Waals surface area contributed by atoms with Crippen molar-refractivity contribution in [3.05, 3.63) is 58.1 Å². The second-order valence-electron chi connectivity index (χ2n) is 4.10. The molecule has 0 bridgehead atoms. The van der Waals surface area contributed by atoms with Gasteiger partial charge in [-0.15, -0.1) is 0 Å². The largest absolute Gasteiger partial charge is 0.507 e. The monoisotopic (exact) mass is 326 g/mol. The third-order valence-electron chi connectivity index (χ3n) is 2.58. The molecule has 0 aliphatic carbocycles. The number of ether oxygens (including phenoxy) is 2. The van der Waals surface area contributed by atoms with E-state index in [4.69, 9.17) is 32.7 Å². The number of benzene rings is 2. The van der Waals surface area contributed by atoms with Crippen molar-refractivity contribution in [2.75, 3.05) is 13.2 Å². The highest BCUT2D eigenvalue weighted by Crippen LogP contribution is 2.22. The SMILES string of the molecule is O=C(OCCOc1ccc(Cl)cc1)c1ccc(Cl)cc1O. The van der Waals surface area contributed by atoms with Gasteiger partial charge in [-0.1, -0.05) is 23.2 Å². The van der Waals surface area contributed by atoms with Crippen molar-refractivity contribution >= 4 is 29.2 Å². The average molecular weight is 327 g/mol. The Kier molecular flexibility index (Phi) is 5.31. The van der Waals surface area contributed by atoms with E-state index in [-0.39, 0.29) is 24.5 Å². The Morgan fingerprint density at radius 3 is 2.33 bits per heavy atom.